The van der Waals surface area contributed by atoms with Gasteiger partial charge in [-0.05, 0) is 12.0 Å². The van der Waals surface area contributed by atoms with Gasteiger partial charge in [0.05, 0.1) is 6.61 Å². The Morgan fingerprint density at radius 3 is 2.94 bits per heavy atom. The Labute approximate surface area is 107 Å². The molecule has 0 fully saturated rings. The molecule has 0 radical (unpaired) electrons. The number of aromatic nitrogens is 2. The molecule has 1 heterocycles. The van der Waals surface area contributed by atoms with Crippen LogP contribution in [0, 0.1) is 5.92 Å². The number of methoxy groups -OCH3 is 1. The number of carbonyl (C=O) groups is 1. The van der Waals surface area contributed by atoms with Gasteiger partial charge < -0.3 is 15.4 Å². The highest BCUT2D eigenvalue weighted by Crippen LogP contribution is 2.02. The standard InChI is InChI=1S/C12H20N4O2/c1-9(2)8-15-12-14-5-4-10(16-12)11(17)13-6-7-18-3/h4-5,9H,6-8H2,1-3H3,(H,13,17)(H,14,15,16). The molecular formula is C12H20N4O2. The van der Waals surface area contributed by atoms with E-state index in [1.165, 1.54) is 0 Å². The van der Waals surface area contributed by atoms with Crippen LogP contribution in [0.15, 0.2) is 12.3 Å². The quantitative estimate of drug-likeness (QED) is 0.706. The fourth-order valence-corrected chi connectivity index (χ4v) is 1.22. The Kier molecular flexibility index (Phi) is 6.07. The lowest BCUT2D eigenvalue weighted by atomic mass is 10.2. The Hall–Kier alpha value is -1.69. The maximum absolute atomic E-state index is 11.7. The van der Waals surface area contributed by atoms with Gasteiger partial charge in [-0.3, -0.25) is 4.79 Å². The fraction of sp³-hybridized carbons (Fsp3) is 0.583. The second-order valence-corrected chi connectivity index (χ2v) is 4.29. The SMILES string of the molecule is COCCNC(=O)c1ccnc(NCC(C)C)n1. The maximum atomic E-state index is 11.7. The average molecular weight is 252 g/mol. The molecule has 0 bridgehead atoms. The summed E-state index contributed by atoms with van der Waals surface area (Å²) in [6.07, 6.45) is 1.57. The minimum absolute atomic E-state index is 0.220. The number of hydrogen-bond donors (Lipinski definition) is 2. The number of nitrogens with one attached hydrogen (secondary N) is 2. The Bertz CT molecular complexity index is 382. The molecule has 100 valence electrons. The van der Waals surface area contributed by atoms with Crippen LogP contribution < -0.4 is 10.6 Å². The average Bonchev–Trinajstić information content (AvgIpc) is 2.37. The summed E-state index contributed by atoms with van der Waals surface area (Å²) in [4.78, 5) is 19.9. The zero-order chi connectivity index (χ0) is 13.4. The molecule has 0 aliphatic carbocycles. The number of anilines is 1. The molecule has 1 aromatic rings. The first-order valence-electron chi connectivity index (χ1n) is 5.97. The number of hydrogen-bond acceptors (Lipinski definition) is 5. The first kappa shape index (κ1) is 14.4. The van der Waals surface area contributed by atoms with E-state index in [9.17, 15) is 4.79 Å². The third kappa shape index (κ3) is 5.09. The summed E-state index contributed by atoms with van der Waals surface area (Å²) in [5.41, 5.74) is 0.354. The Morgan fingerprint density at radius 2 is 2.28 bits per heavy atom. The second kappa shape index (κ2) is 7.60. The van der Waals surface area contributed by atoms with E-state index >= 15 is 0 Å². The van der Waals surface area contributed by atoms with E-state index < -0.39 is 0 Å². The Morgan fingerprint density at radius 1 is 1.50 bits per heavy atom. The summed E-state index contributed by atoms with van der Waals surface area (Å²) < 4.78 is 4.86. The predicted molar refractivity (Wildman–Crippen MR) is 69.6 cm³/mol. The largest absolute Gasteiger partial charge is 0.383 e. The fourth-order valence-electron chi connectivity index (χ4n) is 1.22. The highest BCUT2D eigenvalue weighted by atomic mass is 16.5. The van der Waals surface area contributed by atoms with Crippen LogP contribution in [0.4, 0.5) is 5.95 Å². The molecule has 0 aromatic carbocycles. The highest BCUT2D eigenvalue weighted by molar-refractivity contribution is 5.92. The van der Waals surface area contributed by atoms with Crippen molar-refractivity contribution < 1.29 is 9.53 Å². The van der Waals surface area contributed by atoms with Crippen LogP contribution in [-0.2, 0) is 4.74 Å². The van der Waals surface area contributed by atoms with E-state index in [4.69, 9.17) is 4.74 Å². The highest BCUT2D eigenvalue weighted by Gasteiger charge is 2.08. The van der Waals surface area contributed by atoms with Gasteiger partial charge in [0.15, 0.2) is 0 Å². The van der Waals surface area contributed by atoms with Crippen molar-refractivity contribution in [3.05, 3.63) is 18.0 Å². The van der Waals surface area contributed by atoms with Gasteiger partial charge in [-0.25, -0.2) is 9.97 Å². The van der Waals surface area contributed by atoms with Crippen molar-refractivity contribution in [1.82, 2.24) is 15.3 Å². The number of nitrogens with zero attached hydrogens (tertiary/aromatic N) is 2. The molecule has 0 aliphatic heterocycles. The molecule has 1 rings (SSSR count). The van der Waals surface area contributed by atoms with Crippen LogP contribution in [0.25, 0.3) is 0 Å². The van der Waals surface area contributed by atoms with E-state index in [0.717, 1.165) is 6.54 Å². The van der Waals surface area contributed by atoms with E-state index in [2.05, 4.69) is 34.4 Å². The topological polar surface area (TPSA) is 76.1 Å². The molecule has 6 heteroatoms. The molecule has 6 nitrogen and oxygen atoms in total. The van der Waals surface area contributed by atoms with Gasteiger partial charge in [0.25, 0.3) is 5.91 Å². The molecule has 18 heavy (non-hydrogen) atoms. The molecule has 0 unspecified atom stereocenters. The lowest BCUT2D eigenvalue weighted by molar-refractivity contribution is 0.0932. The normalized spacial score (nSPS) is 10.4. The number of rotatable bonds is 7. The zero-order valence-corrected chi connectivity index (χ0v) is 11.1. The first-order chi connectivity index (χ1) is 8.63. The van der Waals surface area contributed by atoms with Crippen molar-refractivity contribution >= 4 is 11.9 Å². The van der Waals surface area contributed by atoms with E-state index in [-0.39, 0.29) is 5.91 Å². The lowest BCUT2D eigenvalue weighted by Gasteiger charge is -2.08. The monoisotopic (exact) mass is 252 g/mol. The minimum Gasteiger partial charge on any atom is -0.383 e. The summed E-state index contributed by atoms with van der Waals surface area (Å²) in [6, 6.07) is 1.59. The van der Waals surface area contributed by atoms with Crippen LogP contribution >= 0.6 is 0 Å². The summed E-state index contributed by atoms with van der Waals surface area (Å²) in [5, 5.41) is 5.79. The van der Waals surface area contributed by atoms with Crippen LogP contribution in [0.1, 0.15) is 24.3 Å². The molecule has 0 atom stereocenters. The van der Waals surface area contributed by atoms with Crippen LogP contribution in [0.3, 0.4) is 0 Å². The molecule has 2 N–H and O–H groups in total. The molecule has 0 aliphatic rings. The van der Waals surface area contributed by atoms with E-state index in [1.54, 1.807) is 19.4 Å². The molecule has 1 amide bonds. The van der Waals surface area contributed by atoms with Crippen molar-refractivity contribution in [2.24, 2.45) is 5.92 Å². The Balaban J connectivity index is 2.55. The third-order valence-electron chi connectivity index (χ3n) is 2.15. The zero-order valence-electron chi connectivity index (χ0n) is 11.1. The van der Waals surface area contributed by atoms with Gasteiger partial charge in [-0.15, -0.1) is 0 Å². The van der Waals surface area contributed by atoms with Crippen molar-refractivity contribution in [3.63, 3.8) is 0 Å². The summed E-state index contributed by atoms with van der Waals surface area (Å²) in [7, 11) is 1.59. The third-order valence-corrected chi connectivity index (χ3v) is 2.15. The second-order valence-electron chi connectivity index (χ2n) is 4.29. The van der Waals surface area contributed by atoms with Gasteiger partial charge >= 0.3 is 0 Å². The van der Waals surface area contributed by atoms with Crippen molar-refractivity contribution in [3.8, 4) is 0 Å². The number of carbonyl (C=O) groups excluding carboxylic acids is 1. The van der Waals surface area contributed by atoms with Gasteiger partial charge in [-0.1, -0.05) is 13.8 Å². The van der Waals surface area contributed by atoms with Gasteiger partial charge in [0.1, 0.15) is 5.69 Å². The van der Waals surface area contributed by atoms with Gasteiger partial charge in [-0.2, -0.15) is 0 Å². The van der Waals surface area contributed by atoms with Crippen LogP contribution in [-0.4, -0.2) is 42.7 Å². The van der Waals surface area contributed by atoms with Crippen molar-refractivity contribution in [2.45, 2.75) is 13.8 Å². The van der Waals surface area contributed by atoms with Crippen molar-refractivity contribution in [1.29, 1.82) is 0 Å². The summed E-state index contributed by atoms with van der Waals surface area (Å²) >= 11 is 0. The lowest BCUT2D eigenvalue weighted by Crippen LogP contribution is -2.28. The number of ether oxygens (including phenoxy) is 1. The van der Waals surface area contributed by atoms with Crippen LogP contribution in [0.5, 0.6) is 0 Å². The number of amides is 1. The smallest absolute Gasteiger partial charge is 0.270 e. The molecule has 0 saturated carbocycles. The summed E-state index contributed by atoms with van der Waals surface area (Å²) in [5.74, 6) is 0.748. The molecule has 0 spiro atoms. The molecule has 0 saturated heterocycles. The maximum Gasteiger partial charge on any atom is 0.270 e. The minimum atomic E-state index is -0.220. The first-order valence-corrected chi connectivity index (χ1v) is 5.97. The molecular weight excluding hydrogens is 232 g/mol. The van der Waals surface area contributed by atoms with Crippen molar-refractivity contribution in [2.75, 3.05) is 32.1 Å². The van der Waals surface area contributed by atoms with E-state index in [1.807, 2.05) is 0 Å². The van der Waals surface area contributed by atoms with E-state index in [0.29, 0.717) is 30.7 Å². The van der Waals surface area contributed by atoms with Crippen LogP contribution in [0.2, 0.25) is 0 Å². The van der Waals surface area contributed by atoms with Gasteiger partial charge in [0, 0.05) is 26.4 Å². The van der Waals surface area contributed by atoms with Gasteiger partial charge in [0.2, 0.25) is 5.95 Å². The summed E-state index contributed by atoms with van der Waals surface area (Å²) in [6.45, 7) is 5.90. The molecule has 1 aromatic heterocycles. The predicted octanol–water partition coefficient (Wildman–Crippen LogP) is 0.921.